The van der Waals surface area contributed by atoms with Crippen molar-refractivity contribution in [1.82, 2.24) is 9.55 Å². The highest BCUT2D eigenvalue weighted by molar-refractivity contribution is 6.06. The van der Waals surface area contributed by atoms with Crippen molar-refractivity contribution in [2.75, 3.05) is 17.7 Å². The molecular formula is C20H24N4O2. The van der Waals surface area contributed by atoms with Crippen molar-refractivity contribution in [2.24, 2.45) is 0 Å². The molecule has 0 saturated heterocycles. The molecule has 1 amide bonds. The van der Waals surface area contributed by atoms with Gasteiger partial charge in [0.15, 0.2) is 0 Å². The molecule has 0 bridgehead atoms. The van der Waals surface area contributed by atoms with E-state index in [2.05, 4.69) is 4.98 Å². The van der Waals surface area contributed by atoms with Crippen LogP contribution < -0.4 is 10.6 Å². The summed E-state index contributed by atoms with van der Waals surface area (Å²) in [5.41, 5.74) is 9.09. The van der Waals surface area contributed by atoms with Crippen LogP contribution in [0, 0.1) is 6.92 Å². The molecule has 0 fully saturated rings. The van der Waals surface area contributed by atoms with Crippen LogP contribution in [0.25, 0.3) is 11.0 Å². The number of anilines is 2. The number of aryl methyl sites for hydroxylation is 1. The zero-order chi connectivity index (χ0) is 19.1. The summed E-state index contributed by atoms with van der Waals surface area (Å²) in [6, 6.07) is 13.0. The minimum atomic E-state index is -0.904. The van der Waals surface area contributed by atoms with E-state index in [4.69, 9.17) is 5.73 Å². The predicted molar refractivity (Wildman–Crippen MR) is 104 cm³/mol. The fourth-order valence-electron chi connectivity index (χ4n) is 2.91. The molecule has 3 N–H and O–H groups in total. The lowest BCUT2D eigenvalue weighted by atomic mass is 10.1. The Kier molecular flexibility index (Phi) is 4.46. The lowest BCUT2D eigenvalue weighted by Crippen LogP contribution is -2.27. The van der Waals surface area contributed by atoms with Crippen LogP contribution in [0.4, 0.5) is 11.6 Å². The topological polar surface area (TPSA) is 84.4 Å². The van der Waals surface area contributed by atoms with Crippen LogP contribution in [-0.4, -0.2) is 33.2 Å². The van der Waals surface area contributed by atoms with Crippen molar-refractivity contribution < 1.29 is 9.90 Å². The Hall–Kier alpha value is -2.86. The molecule has 0 radical (unpaired) electrons. The first-order valence-electron chi connectivity index (χ1n) is 8.48. The molecule has 26 heavy (non-hydrogen) atoms. The lowest BCUT2D eigenvalue weighted by Gasteiger charge is -2.20. The third-order valence-corrected chi connectivity index (χ3v) is 4.30. The molecule has 0 aliphatic rings. The van der Waals surface area contributed by atoms with Crippen molar-refractivity contribution in [3.05, 3.63) is 53.6 Å². The lowest BCUT2D eigenvalue weighted by molar-refractivity contribution is 0.0632. The fourth-order valence-corrected chi connectivity index (χ4v) is 2.91. The maximum atomic E-state index is 12.7. The zero-order valence-electron chi connectivity index (χ0n) is 15.5. The number of rotatable bonds is 4. The summed E-state index contributed by atoms with van der Waals surface area (Å²) in [4.78, 5) is 18.7. The van der Waals surface area contributed by atoms with Gasteiger partial charge in [0.2, 0.25) is 5.95 Å². The molecule has 6 heteroatoms. The SMILES string of the molecule is Cc1ccc(C(=O)N(C)c2ccc3c(c2)nc(N)n3CC(C)(C)O)cc1. The van der Waals surface area contributed by atoms with Crippen molar-refractivity contribution in [2.45, 2.75) is 32.9 Å². The Morgan fingerprint density at radius 1 is 1.23 bits per heavy atom. The number of carbonyl (C=O) groups is 1. The number of aromatic nitrogens is 2. The molecular weight excluding hydrogens is 328 g/mol. The van der Waals surface area contributed by atoms with Crippen LogP contribution in [0.1, 0.15) is 29.8 Å². The summed E-state index contributed by atoms with van der Waals surface area (Å²) in [5.74, 6) is 0.250. The summed E-state index contributed by atoms with van der Waals surface area (Å²) in [7, 11) is 1.74. The molecule has 0 aliphatic heterocycles. The maximum Gasteiger partial charge on any atom is 0.258 e. The Morgan fingerprint density at radius 3 is 2.50 bits per heavy atom. The second-order valence-corrected chi connectivity index (χ2v) is 7.27. The summed E-state index contributed by atoms with van der Waals surface area (Å²) in [6.07, 6.45) is 0. The number of imidazole rings is 1. The first-order valence-corrected chi connectivity index (χ1v) is 8.48. The second-order valence-electron chi connectivity index (χ2n) is 7.27. The van der Waals surface area contributed by atoms with Crippen LogP contribution >= 0.6 is 0 Å². The quantitative estimate of drug-likeness (QED) is 0.756. The summed E-state index contributed by atoms with van der Waals surface area (Å²) in [6.45, 7) is 5.77. The van der Waals surface area contributed by atoms with Gasteiger partial charge in [0.1, 0.15) is 0 Å². The van der Waals surface area contributed by atoms with Gasteiger partial charge < -0.3 is 20.3 Å². The average molecular weight is 352 g/mol. The molecule has 3 aromatic rings. The monoisotopic (exact) mass is 352 g/mol. The largest absolute Gasteiger partial charge is 0.389 e. The number of hydrogen-bond acceptors (Lipinski definition) is 4. The molecule has 0 unspecified atom stereocenters. The van der Waals surface area contributed by atoms with E-state index in [0.717, 1.165) is 16.8 Å². The number of hydrogen-bond donors (Lipinski definition) is 2. The predicted octanol–water partition coefficient (Wildman–Crippen LogP) is 2.97. The van der Waals surface area contributed by atoms with Crippen molar-refractivity contribution in [3.8, 4) is 0 Å². The number of nitrogen functional groups attached to an aromatic ring is 1. The van der Waals surface area contributed by atoms with Crippen LogP contribution in [0.3, 0.4) is 0 Å². The summed E-state index contributed by atoms with van der Waals surface area (Å²) in [5, 5.41) is 10.1. The molecule has 0 spiro atoms. The zero-order valence-corrected chi connectivity index (χ0v) is 15.5. The Balaban J connectivity index is 1.94. The van der Waals surface area contributed by atoms with Gasteiger partial charge in [0, 0.05) is 18.3 Å². The van der Waals surface area contributed by atoms with Gasteiger partial charge >= 0.3 is 0 Å². The van der Waals surface area contributed by atoms with Crippen LogP contribution in [0.2, 0.25) is 0 Å². The van der Waals surface area contributed by atoms with E-state index in [1.807, 2.05) is 49.4 Å². The molecule has 1 heterocycles. The standard InChI is InChI=1S/C20H24N4O2/c1-13-5-7-14(8-6-13)18(25)23(4)15-9-10-17-16(11-15)22-19(21)24(17)12-20(2,3)26/h5-11,26H,12H2,1-4H3,(H2,21,22). The number of carbonyl (C=O) groups excluding carboxylic acids is 1. The molecule has 1 aromatic heterocycles. The Bertz CT molecular complexity index is 952. The number of fused-ring (bicyclic) bond motifs is 1. The number of nitrogens with two attached hydrogens (primary N) is 1. The number of nitrogens with zero attached hydrogens (tertiary/aromatic N) is 3. The molecule has 6 nitrogen and oxygen atoms in total. The van der Waals surface area contributed by atoms with Gasteiger partial charge in [-0.2, -0.15) is 0 Å². The number of aliphatic hydroxyl groups is 1. The van der Waals surface area contributed by atoms with Crippen LogP contribution in [-0.2, 0) is 6.54 Å². The average Bonchev–Trinajstić information content (AvgIpc) is 2.87. The Labute approximate surface area is 152 Å². The van der Waals surface area contributed by atoms with E-state index in [-0.39, 0.29) is 5.91 Å². The first-order chi connectivity index (χ1) is 12.2. The van der Waals surface area contributed by atoms with Gasteiger partial charge in [-0.15, -0.1) is 0 Å². The van der Waals surface area contributed by atoms with Crippen molar-refractivity contribution in [3.63, 3.8) is 0 Å². The van der Waals surface area contributed by atoms with Crippen molar-refractivity contribution in [1.29, 1.82) is 0 Å². The van der Waals surface area contributed by atoms with E-state index in [1.54, 1.807) is 30.4 Å². The molecule has 0 saturated carbocycles. The highest BCUT2D eigenvalue weighted by Crippen LogP contribution is 2.26. The highest BCUT2D eigenvalue weighted by atomic mass is 16.3. The molecule has 0 aliphatic carbocycles. The summed E-state index contributed by atoms with van der Waals surface area (Å²) < 4.78 is 1.78. The third kappa shape index (κ3) is 3.55. The van der Waals surface area contributed by atoms with Gasteiger partial charge in [-0.3, -0.25) is 4.79 Å². The molecule has 3 rings (SSSR count). The van der Waals surface area contributed by atoms with Gasteiger partial charge in [-0.05, 0) is 51.1 Å². The minimum absolute atomic E-state index is 0.0896. The van der Waals surface area contributed by atoms with Gasteiger partial charge in [0.05, 0.1) is 23.2 Å². The van der Waals surface area contributed by atoms with Gasteiger partial charge in [-0.1, -0.05) is 17.7 Å². The van der Waals surface area contributed by atoms with Crippen molar-refractivity contribution >= 4 is 28.6 Å². The highest BCUT2D eigenvalue weighted by Gasteiger charge is 2.19. The maximum absolute atomic E-state index is 12.7. The minimum Gasteiger partial charge on any atom is -0.389 e. The van der Waals surface area contributed by atoms with E-state index >= 15 is 0 Å². The number of amides is 1. The summed E-state index contributed by atoms with van der Waals surface area (Å²) >= 11 is 0. The number of benzene rings is 2. The molecule has 0 atom stereocenters. The molecule has 2 aromatic carbocycles. The second kappa shape index (κ2) is 6.46. The van der Waals surface area contributed by atoms with E-state index in [1.165, 1.54) is 0 Å². The van der Waals surface area contributed by atoms with Crippen LogP contribution in [0.15, 0.2) is 42.5 Å². The fraction of sp³-hybridized carbons (Fsp3) is 0.300. The van der Waals surface area contributed by atoms with Crippen LogP contribution in [0.5, 0.6) is 0 Å². The van der Waals surface area contributed by atoms with E-state index in [9.17, 15) is 9.90 Å². The first kappa shape index (κ1) is 17.9. The smallest absolute Gasteiger partial charge is 0.258 e. The van der Waals surface area contributed by atoms with Gasteiger partial charge in [-0.25, -0.2) is 4.98 Å². The van der Waals surface area contributed by atoms with E-state index in [0.29, 0.717) is 23.6 Å². The van der Waals surface area contributed by atoms with Gasteiger partial charge in [0.25, 0.3) is 5.91 Å². The third-order valence-electron chi connectivity index (χ3n) is 4.30. The van der Waals surface area contributed by atoms with E-state index < -0.39 is 5.60 Å². The Morgan fingerprint density at radius 2 is 1.88 bits per heavy atom. The normalized spacial score (nSPS) is 11.7. The molecule has 136 valence electrons.